The molecule has 194 valence electrons. The lowest BCUT2D eigenvalue weighted by Crippen LogP contribution is -2.28. The highest BCUT2D eigenvalue weighted by Gasteiger charge is 2.27. The van der Waals surface area contributed by atoms with E-state index in [0.717, 1.165) is 12.1 Å². The number of esters is 1. The number of aliphatic hydroxyl groups excluding tert-OH is 1. The first kappa shape index (κ1) is 28.5. The number of methoxy groups -OCH3 is 1. The third-order valence-corrected chi connectivity index (χ3v) is 4.75. The van der Waals surface area contributed by atoms with Crippen molar-refractivity contribution < 1.29 is 42.4 Å². The van der Waals surface area contributed by atoms with Gasteiger partial charge in [-0.05, 0) is 43.2 Å². The zero-order valence-corrected chi connectivity index (χ0v) is 20.0. The summed E-state index contributed by atoms with van der Waals surface area (Å²) in [6, 6.07) is 9.35. The van der Waals surface area contributed by atoms with Crippen molar-refractivity contribution >= 4 is 17.7 Å². The zero-order valence-electron chi connectivity index (χ0n) is 20.0. The highest BCUT2D eigenvalue weighted by atomic mass is 19.1. The molecule has 0 bridgehead atoms. The molecule has 2 aromatic rings. The Morgan fingerprint density at radius 2 is 1.86 bits per heavy atom. The highest BCUT2D eigenvalue weighted by Crippen LogP contribution is 2.28. The lowest BCUT2D eigenvalue weighted by Gasteiger charge is -2.26. The summed E-state index contributed by atoms with van der Waals surface area (Å²) in [7, 11) is 1.44. The first-order valence-corrected chi connectivity index (χ1v) is 11.2. The standard InChI is InChI=1S/C26H29F2NO7/c1-3-34-24(31)8-6-4-5-7-23(33-2)25(18-9-12-20(13-10-18)35-16-15-30)36-26(32)29-22-14-11-19(27)17-21(22)28/h4-6,8-14,17,23,25,30H,3,7,15-16H2,1-2H3,(H,29,32)/b5-4+,8-6+/t23-,25-/m1/s1. The molecule has 0 aliphatic carbocycles. The zero-order chi connectivity index (χ0) is 26.3. The monoisotopic (exact) mass is 505 g/mol. The van der Waals surface area contributed by atoms with Crippen LogP contribution in [0.25, 0.3) is 0 Å². The number of hydrogen-bond donors (Lipinski definition) is 2. The Morgan fingerprint density at radius 1 is 1.11 bits per heavy atom. The van der Waals surface area contributed by atoms with Crippen LogP contribution in [0.15, 0.2) is 66.8 Å². The van der Waals surface area contributed by atoms with E-state index < -0.39 is 35.9 Å². The van der Waals surface area contributed by atoms with Gasteiger partial charge >= 0.3 is 12.1 Å². The first-order valence-electron chi connectivity index (χ1n) is 11.2. The molecule has 2 rings (SSSR count). The van der Waals surface area contributed by atoms with Crippen LogP contribution in [0.3, 0.4) is 0 Å². The van der Waals surface area contributed by atoms with Crippen molar-refractivity contribution in [1.82, 2.24) is 0 Å². The largest absolute Gasteiger partial charge is 0.491 e. The number of hydrogen-bond acceptors (Lipinski definition) is 7. The molecule has 0 saturated carbocycles. The molecule has 2 N–H and O–H groups in total. The summed E-state index contributed by atoms with van der Waals surface area (Å²) in [5.41, 5.74) is 0.314. The molecular weight excluding hydrogens is 476 g/mol. The maximum Gasteiger partial charge on any atom is 0.412 e. The molecule has 0 saturated heterocycles. The molecule has 10 heteroatoms. The van der Waals surface area contributed by atoms with Crippen molar-refractivity contribution in [1.29, 1.82) is 0 Å². The number of ether oxygens (including phenoxy) is 4. The van der Waals surface area contributed by atoms with Crippen molar-refractivity contribution in [2.75, 3.05) is 32.2 Å². The molecule has 0 unspecified atom stereocenters. The molecule has 0 radical (unpaired) electrons. The molecule has 1 amide bonds. The quantitative estimate of drug-likeness (QED) is 0.231. The Bertz CT molecular complexity index is 1040. The van der Waals surface area contributed by atoms with Gasteiger partial charge in [-0.3, -0.25) is 5.32 Å². The van der Waals surface area contributed by atoms with E-state index in [2.05, 4.69) is 5.32 Å². The van der Waals surface area contributed by atoms with E-state index in [0.29, 0.717) is 17.4 Å². The fourth-order valence-corrected chi connectivity index (χ4v) is 3.08. The van der Waals surface area contributed by atoms with Crippen molar-refractivity contribution in [2.45, 2.75) is 25.6 Å². The van der Waals surface area contributed by atoms with Crippen LogP contribution in [0, 0.1) is 11.6 Å². The number of benzene rings is 2. The number of aliphatic hydroxyl groups is 1. The summed E-state index contributed by atoms with van der Waals surface area (Å²) in [6.45, 7) is 1.95. The smallest absolute Gasteiger partial charge is 0.412 e. The molecule has 0 aliphatic rings. The van der Waals surface area contributed by atoms with E-state index in [1.165, 1.54) is 19.3 Å². The summed E-state index contributed by atoms with van der Waals surface area (Å²) in [5.74, 6) is -1.70. The molecule has 0 aliphatic heterocycles. The summed E-state index contributed by atoms with van der Waals surface area (Å²) in [6.07, 6.45) is 3.85. The number of rotatable bonds is 13. The van der Waals surface area contributed by atoms with Crippen LogP contribution in [-0.4, -0.2) is 50.2 Å². The van der Waals surface area contributed by atoms with Gasteiger partial charge in [0.05, 0.1) is 18.9 Å². The Labute approximate surface area is 208 Å². The van der Waals surface area contributed by atoms with Gasteiger partial charge in [0.15, 0.2) is 6.10 Å². The van der Waals surface area contributed by atoms with Gasteiger partial charge in [-0.15, -0.1) is 0 Å². The molecule has 36 heavy (non-hydrogen) atoms. The van der Waals surface area contributed by atoms with E-state index in [1.807, 2.05) is 0 Å². The van der Waals surface area contributed by atoms with E-state index in [4.69, 9.17) is 24.1 Å². The summed E-state index contributed by atoms with van der Waals surface area (Å²) in [5, 5.41) is 11.2. The lowest BCUT2D eigenvalue weighted by atomic mass is 10.0. The maximum atomic E-state index is 14.0. The number of nitrogens with one attached hydrogen (secondary N) is 1. The Balaban J connectivity index is 2.19. The number of amides is 1. The minimum Gasteiger partial charge on any atom is -0.491 e. The Morgan fingerprint density at radius 3 is 2.50 bits per heavy atom. The van der Waals surface area contributed by atoms with Crippen LogP contribution in [0.4, 0.5) is 19.3 Å². The van der Waals surface area contributed by atoms with Gasteiger partial charge in [0.1, 0.15) is 30.1 Å². The summed E-state index contributed by atoms with van der Waals surface area (Å²) >= 11 is 0. The SMILES string of the molecule is CCOC(=O)/C=C/C=C/C[C@@H](OC)[C@H](OC(=O)Nc1ccc(F)cc1F)c1ccc(OCCO)cc1. The Hall–Kier alpha value is -3.76. The third kappa shape index (κ3) is 9.47. The van der Waals surface area contributed by atoms with Crippen LogP contribution in [0.1, 0.15) is 25.0 Å². The molecule has 2 atom stereocenters. The number of carbonyl (C=O) groups is 2. The lowest BCUT2D eigenvalue weighted by molar-refractivity contribution is -0.137. The van der Waals surface area contributed by atoms with Crippen molar-refractivity contribution in [3.05, 3.63) is 84.0 Å². The predicted octanol–water partition coefficient (Wildman–Crippen LogP) is 4.71. The second kappa shape index (κ2) is 15.3. The fraction of sp³-hybridized carbons (Fsp3) is 0.308. The van der Waals surface area contributed by atoms with Crippen molar-refractivity contribution in [3.63, 3.8) is 0 Å². The van der Waals surface area contributed by atoms with Gasteiger partial charge in [-0.2, -0.15) is 0 Å². The molecule has 0 fully saturated rings. The van der Waals surface area contributed by atoms with E-state index in [1.54, 1.807) is 43.3 Å². The molecule has 8 nitrogen and oxygen atoms in total. The summed E-state index contributed by atoms with van der Waals surface area (Å²) < 4.78 is 48.5. The first-order chi connectivity index (χ1) is 17.4. The van der Waals surface area contributed by atoms with Crippen molar-refractivity contribution in [3.8, 4) is 5.75 Å². The predicted molar refractivity (Wildman–Crippen MR) is 129 cm³/mol. The van der Waals surface area contributed by atoms with Gasteiger partial charge in [0, 0.05) is 19.3 Å². The minimum atomic E-state index is -0.973. The number of anilines is 1. The van der Waals surface area contributed by atoms with Gasteiger partial charge in [0.2, 0.25) is 0 Å². The van der Waals surface area contributed by atoms with Crippen molar-refractivity contribution in [2.24, 2.45) is 0 Å². The van der Waals surface area contributed by atoms with E-state index in [9.17, 15) is 18.4 Å². The topological polar surface area (TPSA) is 103 Å². The molecule has 0 spiro atoms. The van der Waals surface area contributed by atoms with Gasteiger partial charge in [0.25, 0.3) is 0 Å². The van der Waals surface area contributed by atoms with Crippen LogP contribution in [-0.2, 0) is 19.0 Å². The maximum absolute atomic E-state index is 14.0. The van der Waals surface area contributed by atoms with Gasteiger partial charge in [-0.1, -0.05) is 30.4 Å². The van der Waals surface area contributed by atoms with Crippen LogP contribution >= 0.6 is 0 Å². The molecule has 0 aromatic heterocycles. The molecule has 0 heterocycles. The Kier molecular flexibility index (Phi) is 12.1. The molecular formula is C26H29F2NO7. The average Bonchev–Trinajstić information content (AvgIpc) is 2.86. The van der Waals surface area contributed by atoms with Crippen LogP contribution in [0.2, 0.25) is 0 Å². The normalized spacial score (nSPS) is 12.9. The van der Waals surface area contributed by atoms with Gasteiger partial charge in [-0.25, -0.2) is 18.4 Å². The highest BCUT2D eigenvalue weighted by molar-refractivity contribution is 5.85. The fourth-order valence-electron chi connectivity index (χ4n) is 3.08. The van der Waals surface area contributed by atoms with Crippen LogP contribution in [0.5, 0.6) is 5.75 Å². The minimum absolute atomic E-state index is 0.121. The number of allylic oxidation sites excluding steroid dienone is 2. The number of carbonyl (C=O) groups excluding carboxylic acids is 2. The van der Waals surface area contributed by atoms with E-state index >= 15 is 0 Å². The number of halogens is 2. The van der Waals surface area contributed by atoms with Gasteiger partial charge < -0.3 is 24.1 Å². The molecule has 2 aromatic carbocycles. The second-order valence-electron chi connectivity index (χ2n) is 7.27. The second-order valence-corrected chi connectivity index (χ2v) is 7.27. The van der Waals surface area contributed by atoms with E-state index in [-0.39, 0.29) is 31.9 Å². The summed E-state index contributed by atoms with van der Waals surface area (Å²) in [4.78, 5) is 24.0. The van der Waals surface area contributed by atoms with Crippen LogP contribution < -0.4 is 10.1 Å². The average molecular weight is 506 g/mol. The third-order valence-electron chi connectivity index (χ3n) is 4.75.